The second-order valence-electron chi connectivity index (χ2n) is 7.74. The van der Waals surface area contributed by atoms with Crippen molar-refractivity contribution in [2.75, 3.05) is 19.7 Å². The van der Waals surface area contributed by atoms with Crippen LogP contribution in [-0.4, -0.2) is 50.3 Å². The third-order valence-electron chi connectivity index (χ3n) is 5.72. The molecule has 1 aromatic carbocycles. The lowest BCUT2D eigenvalue weighted by Crippen LogP contribution is -2.39. The zero-order valence-electron chi connectivity index (χ0n) is 17.7. The van der Waals surface area contributed by atoms with Crippen LogP contribution >= 0.6 is 11.3 Å². The van der Waals surface area contributed by atoms with E-state index in [-0.39, 0.29) is 23.8 Å². The van der Waals surface area contributed by atoms with E-state index in [4.69, 9.17) is 4.74 Å². The topological polar surface area (TPSA) is 80.0 Å². The SMILES string of the molecule is CCOC(=O)C1CCN([C@@H](c2ccc(C)cc2)c2sc3nc(CC)nn3c2O)CC1. The van der Waals surface area contributed by atoms with Crippen molar-refractivity contribution in [1.29, 1.82) is 0 Å². The van der Waals surface area contributed by atoms with Crippen molar-refractivity contribution in [1.82, 2.24) is 19.5 Å². The molecule has 0 bridgehead atoms. The summed E-state index contributed by atoms with van der Waals surface area (Å²) < 4.78 is 6.76. The first-order valence-electron chi connectivity index (χ1n) is 10.6. The summed E-state index contributed by atoms with van der Waals surface area (Å²) in [4.78, 5) is 20.6. The molecule has 4 rings (SSSR count). The lowest BCUT2D eigenvalue weighted by molar-refractivity contribution is -0.149. The van der Waals surface area contributed by atoms with Crippen LogP contribution in [0.5, 0.6) is 5.88 Å². The zero-order chi connectivity index (χ0) is 21.3. The van der Waals surface area contributed by atoms with Gasteiger partial charge in [0.15, 0.2) is 5.82 Å². The summed E-state index contributed by atoms with van der Waals surface area (Å²) >= 11 is 1.48. The second-order valence-corrected chi connectivity index (χ2v) is 8.75. The molecule has 1 fully saturated rings. The van der Waals surface area contributed by atoms with Crippen LogP contribution in [0.15, 0.2) is 24.3 Å². The summed E-state index contributed by atoms with van der Waals surface area (Å²) in [6, 6.07) is 8.31. The molecule has 0 aliphatic carbocycles. The first-order valence-corrected chi connectivity index (χ1v) is 11.4. The summed E-state index contributed by atoms with van der Waals surface area (Å²) in [7, 11) is 0. The Kier molecular flexibility index (Phi) is 6.06. The Morgan fingerprint density at radius 1 is 1.27 bits per heavy atom. The van der Waals surface area contributed by atoms with Gasteiger partial charge < -0.3 is 9.84 Å². The Bertz CT molecular complexity index is 1020. The van der Waals surface area contributed by atoms with Gasteiger partial charge in [-0.1, -0.05) is 48.1 Å². The zero-order valence-corrected chi connectivity index (χ0v) is 18.5. The number of thiazole rings is 1. The van der Waals surface area contributed by atoms with Crippen LogP contribution in [0, 0.1) is 12.8 Å². The Morgan fingerprint density at radius 3 is 2.57 bits per heavy atom. The first-order chi connectivity index (χ1) is 14.5. The first kappa shape index (κ1) is 20.8. The van der Waals surface area contributed by atoms with E-state index in [1.165, 1.54) is 16.9 Å². The molecule has 1 N–H and O–H groups in total. The van der Waals surface area contributed by atoms with E-state index in [1.807, 2.05) is 13.8 Å². The van der Waals surface area contributed by atoms with Gasteiger partial charge in [-0.15, -0.1) is 5.10 Å². The molecule has 1 aliphatic rings. The van der Waals surface area contributed by atoms with Crippen molar-refractivity contribution >= 4 is 22.3 Å². The summed E-state index contributed by atoms with van der Waals surface area (Å²) in [6.07, 6.45) is 2.23. The minimum atomic E-state index is -0.104. The molecule has 3 heterocycles. The lowest BCUT2D eigenvalue weighted by Gasteiger charge is -2.36. The predicted molar refractivity (Wildman–Crippen MR) is 116 cm³/mol. The van der Waals surface area contributed by atoms with Gasteiger partial charge in [0.1, 0.15) is 0 Å². The molecule has 0 amide bonds. The Hall–Kier alpha value is -2.45. The van der Waals surface area contributed by atoms with Crippen molar-refractivity contribution in [2.45, 2.75) is 46.1 Å². The van der Waals surface area contributed by atoms with Crippen molar-refractivity contribution < 1.29 is 14.6 Å². The fraction of sp³-hybridized carbons (Fsp3) is 0.500. The number of hydrogen-bond donors (Lipinski definition) is 1. The van der Waals surface area contributed by atoms with Crippen LogP contribution in [-0.2, 0) is 16.0 Å². The van der Waals surface area contributed by atoms with Crippen LogP contribution in [0.2, 0.25) is 0 Å². The number of rotatable bonds is 6. The fourth-order valence-electron chi connectivity index (χ4n) is 4.05. The van der Waals surface area contributed by atoms with Gasteiger partial charge in [-0.2, -0.15) is 4.52 Å². The molecule has 8 heteroatoms. The maximum atomic E-state index is 12.2. The fourth-order valence-corrected chi connectivity index (χ4v) is 5.18. The van der Waals surface area contributed by atoms with Crippen molar-refractivity contribution in [3.05, 3.63) is 46.1 Å². The van der Waals surface area contributed by atoms with Crippen LogP contribution in [0.3, 0.4) is 0 Å². The normalized spacial score (nSPS) is 16.8. The number of ether oxygens (including phenoxy) is 1. The van der Waals surface area contributed by atoms with E-state index in [0.717, 1.165) is 48.6 Å². The molecule has 2 aromatic heterocycles. The Morgan fingerprint density at radius 2 is 1.97 bits per heavy atom. The molecular weight excluding hydrogens is 400 g/mol. The molecule has 160 valence electrons. The van der Waals surface area contributed by atoms with Gasteiger partial charge in [-0.25, -0.2) is 4.98 Å². The largest absolute Gasteiger partial charge is 0.492 e. The van der Waals surface area contributed by atoms with Crippen molar-refractivity contribution in [2.24, 2.45) is 5.92 Å². The van der Waals surface area contributed by atoms with Gasteiger partial charge >= 0.3 is 5.97 Å². The summed E-state index contributed by atoms with van der Waals surface area (Å²) in [5, 5.41) is 15.4. The molecule has 0 saturated carbocycles. The molecule has 1 saturated heterocycles. The number of aromatic hydroxyl groups is 1. The number of fused-ring (bicyclic) bond motifs is 1. The third kappa shape index (κ3) is 3.94. The highest BCUT2D eigenvalue weighted by atomic mass is 32.1. The molecule has 0 unspecified atom stereocenters. The van der Waals surface area contributed by atoms with Crippen LogP contribution in [0.4, 0.5) is 0 Å². The minimum absolute atomic E-state index is 0.0529. The van der Waals surface area contributed by atoms with Gasteiger partial charge in [0, 0.05) is 6.42 Å². The number of esters is 1. The van der Waals surface area contributed by atoms with Gasteiger partial charge in [0.25, 0.3) is 0 Å². The molecule has 1 aliphatic heterocycles. The third-order valence-corrected chi connectivity index (χ3v) is 6.79. The second kappa shape index (κ2) is 8.73. The Labute approximate surface area is 180 Å². The maximum Gasteiger partial charge on any atom is 0.309 e. The summed E-state index contributed by atoms with van der Waals surface area (Å²) in [5.74, 6) is 0.728. The van der Waals surface area contributed by atoms with E-state index in [0.29, 0.717) is 11.6 Å². The summed E-state index contributed by atoms with van der Waals surface area (Å²) in [6.45, 7) is 7.84. The number of carbonyl (C=O) groups is 1. The standard InChI is InChI=1S/C22H28N4O3S/c1-4-17-23-22-26(24-17)20(27)19(30-22)18(15-8-6-14(3)7-9-15)25-12-10-16(11-13-25)21(28)29-5-2/h6-9,16,18,27H,4-5,10-13H2,1-3H3/t18-/m0/s1. The number of benzene rings is 1. The Balaban J connectivity index is 1.66. The van der Waals surface area contributed by atoms with Crippen LogP contribution < -0.4 is 0 Å². The average molecular weight is 429 g/mol. The van der Waals surface area contributed by atoms with Gasteiger partial charge in [-0.05, 0) is 45.3 Å². The van der Waals surface area contributed by atoms with Crippen LogP contribution in [0.25, 0.3) is 4.96 Å². The van der Waals surface area contributed by atoms with E-state index in [9.17, 15) is 9.90 Å². The lowest BCUT2D eigenvalue weighted by atomic mass is 9.93. The highest BCUT2D eigenvalue weighted by molar-refractivity contribution is 7.17. The highest BCUT2D eigenvalue weighted by Crippen LogP contribution is 2.41. The predicted octanol–water partition coefficient (Wildman–Crippen LogP) is 3.73. The van der Waals surface area contributed by atoms with Crippen LogP contribution in [0.1, 0.15) is 54.6 Å². The van der Waals surface area contributed by atoms with Crippen molar-refractivity contribution in [3.8, 4) is 5.88 Å². The van der Waals surface area contributed by atoms with E-state index in [1.54, 1.807) is 4.52 Å². The van der Waals surface area contributed by atoms with Gasteiger partial charge in [-0.3, -0.25) is 9.69 Å². The number of aromatic nitrogens is 3. The number of aryl methyl sites for hydroxylation is 2. The van der Waals surface area contributed by atoms with E-state index in [2.05, 4.69) is 46.2 Å². The summed E-state index contributed by atoms with van der Waals surface area (Å²) in [5.41, 5.74) is 2.31. The molecule has 7 nitrogen and oxygen atoms in total. The number of piperidine rings is 1. The van der Waals surface area contributed by atoms with Crippen molar-refractivity contribution in [3.63, 3.8) is 0 Å². The average Bonchev–Trinajstić information content (AvgIpc) is 3.29. The molecule has 0 spiro atoms. The molecule has 3 aromatic rings. The van der Waals surface area contributed by atoms with Gasteiger partial charge in [0.2, 0.25) is 10.8 Å². The highest BCUT2D eigenvalue weighted by Gasteiger charge is 2.34. The number of carbonyl (C=O) groups excluding carboxylic acids is 1. The number of nitrogens with zero attached hydrogens (tertiary/aromatic N) is 4. The molecular formula is C22H28N4O3S. The van der Waals surface area contributed by atoms with E-state index >= 15 is 0 Å². The number of hydrogen-bond acceptors (Lipinski definition) is 7. The molecule has 0 radical (unpaired) electrons. The molecule has 30 heavy (non-hydrogen) atoms. The number of likely N-dealkylation sites (tertiary alicyclic amines) is 1. The van der Waals surface area contributed by atoms with Gasteiger partial charge in [0.05, 0.1) is 23.4 Å². The smallest absolute Gasteiger partial charge is 0.309 e. The van der Waals surface area contributed by atoms with E-state index < -0.39 is 0 Å². The quantitative estimate of drug-likeness (QED) is 0.603. The minimum Gasteiger partial charge on any atom is -0.492 e. The maximum absolute atomic E-state index is 12.2. The molecule has 1 atom stereocenters. The monoisotopic (exact) mass is 428 g/mol.